The van der Waals surface area contributed by atoms with Crippen LogP contribution in [0, 0.1) is 20.2 Å². The van der Waals surface area contributed by atoms with E-state index < -0.39 is 9.85 Å². The number of nitrogens with zero attached hydrogens (tertiary/aromatic N) is 3. The van der Waals surface area contributed by atoms with E-state index in [0.29, 0.717) is 21.9 Å². The summed E-state index contributed by atoms with van der Waals surface area (Å²) in [5.74, 6) is -0.255. The van der Waals surface area contributed by atoms with Crippen molar-refractivity contribution >= 4 is 45.8 Å². The summed E-state index contributed by atoms with van der Waals surface area (Å²) >= 11 is 1.14. The number of nitro benzene ring substituents is 2. The molecule has 0 saturated heterocycles. The van der Waals surface area contributed by atoms with Gasteiger partial charge in [-0.1, -0.05) is 11.8 Å². The zero-order chi connectivity index (χ0) is 18.7. The number of non-ortho nitro benzene ring substituents is 2. The Hall–Kier alpha value is -3.47. The maximum atomic E-state index is 12.0. The lowest BCUT2D eigenvalue weighted by molar-refractivity contribution is -0.385. The molecular formula is C15H11N5O5S. The van der Waals surface area contributed by atoms with Crippen molar-refractivity contribution in [1.29, 1.82) is 0 Å². The van der Waals surface area contributed by atoms with Gasteiger partial charge in [-0.15, -0.1) is 0 Å². The average molecular weight is 373 g/mol. The average Bonchev–Trinajstić information content (AvgIpc) is 3.02. The fourth-order valence-electron chi connectivity index (χ4n) is 2.15. The van der Waals surface area contributed by atoms with Crippen LogP contribution in [0.1, 0.15) is 0 Å². The number of benzene rings is 2. The summed E-state index contributed by atoms with van der Waals surface area (Å²) in [6.45, 7) is 0. The fourth-order valence-corrected chi connectivity index (χ4v) is 2.84. The van der Waals surface area contributed by atoms with Gasteiger partial charge in [0.2, 0.25) is 5.91 Å². The van der Waals surface area contributed by atoms with Crippen LogP contribution < -0.4 is 5.32 Å². The Morgan fingerprint density at radius 2 is 1.73 bits per heavy atom. The van der Waals surface area contributed by atoms with E-state index in [0.717, 1.165) is 11.8 Å². The quantitative estimate of drug-likeness (QED) is 0.383. The normalized spacial score (nSPS) is 10.6. The van der Waals surface area contributed by atoms with E-state index in [-0.39, 0.29) is 23.0 Å². The van der Waals surface area contributed by atoms with Gasteiger partial charge >= 0.3 is 0 Å². The second-order valence-electron chi connectivity index (χ2n) is 5.14. The van der Waals surface area contributed by atoms with Crippen molar-refractivity contribution < 1.29 is 14.6 Å². The highest BCUT2D eigenvalue weighted by atomic mass is 32.2. The first-order valence-electron chi connectivity index (χ1n) is 7.23. The number of nitro groups is 2. The monoisotopic (exact) mass is 373 g/mol. The number of aromatic nitrogens is 2. The van der Waals surface area contributed by atoms with E-state index in [1.165, 1.54) is 42.5 Å². The van der Waals surface area contributed by atoms with E-state index in [1.807, 2.05) is 0 Å². The van der Waals surface area contributed by atoms with Gasteiger partial charge in [-0.25, -0.2) is 4.98 Å². The Morgan fingerprint density at radius 1 is 1.08 bits per heavy atom. The number of imidazole rings is 1. The fraction of sp³-hybridized carbons (Fsp3) is 0.0667. The highest BCUT2D eigenvalue weighted by Crippen LogP contribution is 2.23. The molecule has 0 unspecified atom stereocenters. The molecule has 0 aliphatic rings. The molecule has 2 N–H and O–H groups in total. The summed E-state index contributed by atoms with van der Waals surface area (Å²) < 4.78 is 0. The van der Waals surface area contributed by atoms with E-state index in [4.69, 9.17) is 0 Å². The van der Waals surface area contributed by atoms with Crippen LogP contribution in [0.3, 0.4) is 0 Å². The number of nitrogens with one attached hydrogen (secondary N) is 2. The standard InChI is InChI=1S/C15H11N5O5S/c21-14(16-9-1-3-10(4-2-9)19(22)23)8-26-15-17-12-6-5-11(20(24)25)7-13(12)18-15/h1-7H,8H2,(H,16,21)(H,17,18). The summed E-state index contributed by atoms with van der Waals surface area (Å²) in [5.41, 5.74) is 1.41. The highest BCUT2D eigenvalue weighted by molar-refractivity contribution is 7.99. The number of fused-ring (bicyclic) bond motifs is 1. The zero-order valence-corrected chi connectivity index (χ0v) is 13.9. The van der Waals surface area contributed by atoms with Crippen LogP contribution >= 0.6 is 11.8 Å². The SMILES string of the molecule is O=C(CSc1nc2ccc([N+](=O)[O-])cc2[nH]1)Nc1ccc([N+](=O)[O-])cc1. The van der Waals surface area contributed by atoms with Crippen molar-refractivity contribution in [3.8, 4) is 0 Å². The van der Waals surface area contributed by atoms with Gasteiger partial charge in [-0.2, -0.15) is 0 Å². The van der Waals surface area contributed by atoms with Gasteiger partial charge in [-0.05, 0) is 18.2 Å². The second-order valence-corrected chi connectivity index (χ2v) is 6.11. The van der Waals surface area contributed by atoms with Crippen molar-refractivity contribution in [1.82, 2.24) is 9.97 Å². The summed E-state index contributed by atoms with van der Waals surface area (Å²) in [6, 6.07) is 9.76. The van der Waals surface area contributed by atoms with Crippen molar-refractivity contribution in [3.05, 3.63) is 62.7 Å². The van der Waals surface area contributed by atoms with Crippen LogP contribution in [0.4, 0.5) is 17.1 Å². The lowest BCUT2D eigenvalue weighted by atomic mass is 10.3. The van der Waals surface area contributed by atoms with Crippen LogP contribution in [-0.4, -0.2) is 31.5 Å². The number of aromatic amines is 1. The summed E-state index contributed by atoms with van der Waals surface area (Å²) in [6.07, 6.45) is 0. The minimum absolute atomic E-state index is 0.0476. The third-order valence-electron chi connectivity index (χ3n) is 3.36. The minimum atomic E-state index is -0.520. The maximum absolute atomic E-state index is 12.0. The van der Waals surface area contributed by atoms with Crippen LogP contribution in [0.2, 0.25) is 0 Å². The number of H-pyrrole nitrogens is 1. The molecule has 0 saturated carbocycles. The van der Waals surface area contributed by atoms with Crippen LogP contribution in [0.15, 0.2) is 47.6 Å². The number of thioether (sulfide) groups is 1. The molecule has 10 nitrogen and oxygen atoms in total. The van der Waals surface area contributed by atoms with Gasteiger partial charge in [0.05, 0.1) is 26.6 Å². The van der Waals surface area contributed by atoms with Crippen molar-refractivity contribution in [2.24, 2.45) is 0 Å². The number of hydrogen-bond acceptors (Lipinski definition) is 7. The molecule has 0 atom stereocenters. The molecule has 26 heavy (non-hydrogen) atoms. The third-order valence-corrected chi connectivity index (χ3v) is 4.23. The first-order valence-corrected chi connectivity index (χ1v) is 8.22. The topological polar surface area (TPSA) is 144 Å². The number of rotatable bonds is 6. The second kappa shape index (κ2) is 7.19. The minimum Gasteiger partial charge on any atom is -0.333 e. The molecule has 3 aromatic rings. The molecule has 1 heterocycles. The van der Waals surface area contributed by atoms with Gasteiger partial charge in [0.1, 0.15) is 0 Å². The van der Waals surface area contributed by atoms with E-state index in [2.05, 4.69) is 15.3 Å². The molecule has 2 aromatic carbocycles. The molecule has 1 aromatic heterocycles. The Morgan fingerprint density at radius 3 is 2.38 bits per heavy atom. The number of carbonyl (C=O) groups is 1. The molecule has 11 heteroatoms. The molecule has 0 bridgehead atoms. The molecule has 1 amide bonds. The molecule has 0 aliphatic carbocycles. The predicted molar refractivity (Wildman–Crippen MR) is 95.2 cm³/mol. The van der Waals surface area contributed by atoms with Gasteiger partial charge in [-0.3, -0.25) is 25.0 Å². The van der Waals surface area contributed by atoms with Gasteiger partial charge in [0.25, 0.3) is 11.4 Å². The lowest BCUT2D eigenvalue weighted by Crippen LogP contribution is -2.14. The number of carbonyl (C=O) groups excluding carboxylic acids is 1. The van der Waals surface area contributed by atoms with Crippen molar-refractivity contribution in [2.75, 3.05) is 11.1 Å². The zero-order valence-electron chi connectivity index (χ0n) is 13.0. The summed E-state index contributed by atoms with van der Waals surface area (Å²) in [5, 5.41) is 24.4. The van der Waals surface area contributed by atoms with Crippen LogP contribution in [0.5, 0.6) is 0 Å². The Bertz CT molecular complexity index is 1000. The Labute approximate surface area is 149 Å². The maximum Gasteiger partial charge on any atom is 0.271 e. The Balaban J connectivity index is 1.61. The molecule has 0 spiro atoms. The number of hydrogen-bond donors (Lipinski definition) is 2. The smallest absolute Gasteiger partial charge is 0.271 e. The largest absolute Gasteiger partial charge is 0.333 e. The molecular weight excluding hydrogens is 362 g/mol. The third kappa shape index (κ3) is 3.95. The molecule has 0 radical (unpaired) electrons. The molecule has 0 aliphatic heterocycles. The number of amides is 1. The van der Waals surface area contributed by atoms with E-state index in [1.54, 1.807) is 0 Å². The summed E-state index contributed by atoms with van der Waals surface area (Å²) in [7, 11) is 0. The van der Waals surface area contributed by atoms with E-state index in [9.17, 15) is 25.0 Å². The Kier molecular flexibility index (Phi) is 4.80. The molecule has 132 valence electrons. The first-order chi connectivity index (χ1) is 12.4. The van der Waals surface area contributed by atoms with Gasteiger partial charge < -0.3 is 10.3 Å². The van der Waals surface area contributed by atoms with Crippen LogP contribution in [-0.2, 0) is 4.79 Å². The van der Waals surface area contributed by atoms with Crippen molar-refractivity contribution in [3.63, 3.8) is 0 Å². The van der Waals surface area contributed by atoms with E-state index >= 15 is 0 Å². The highest BCUT2D eigenvalue weighted by Gasteiger charge is 2.12. The van der Waals surface area contributed by atoms with Crippen molar-refractivity contribution in [2.45, 2.75) is 5.16 Å². The lowest BCUT2D eigenvalue weighted by Gasteiger charge is -2.03. The molecule has 3 rings (SSSR count). The predicted octanol–water partition coefficient (Wildman–Crippen LogP) is 3.11. The van der Waals surface area contributed by atoms with Gasteiger partial charge in [0, 0.05) is 30.0 Å². The summed E-state index contributed by atoms with van der Waals surface area (Å²) in [4.78, 5) is 39.5. The molecule has 0 fully saturated rings. The first kappa shape index (κ1) is 17.4. The van der Waals surface area contributed by atoms with Gasteiger partial charge in [0.15, 0.2) is 5.16 Å². The number of anilines is 1. The van der Waals surface area contributed by atoms with Crippen LogP contribution in [0.25, 0.3) is 11.0 Å².